The third-order valence-electron chi connectivity index (χ3n) is 3.30. The van der Waals surface area contributed by atoms with Crippen LogP contribution in [0.25, 0.3) is 10.9 Å². The Bertz CT molecular complexity index is 567. The maximum atomic E-state index is 6.10. The van der Waals surface area contributed by atoms with Crippen LogP contribution in [0.2, 0.25) is 0 Å². The van der Waals surface area contributed by atoms with Gasteiger partial charge in [0.05, 0.1) is 5.52 Å². The van der Waals surface area contributed by atoms with Gasteiger partial charge in [0.25, 0.3) is 0 Å². The van der Waals surface area contributed by atoms with Gasteiger partial charge in [0.15, 0.2) is 0 Å². The first kappa shape index (κ1) is 13.4. The lowest BCUT2D eigenvalue weighted by molar-refractivity contribution is 0.571. The van der Waals surface area contributed by atoms with Crippen LogP contribution in [0.1, 0.15) is 44.5 Å². The first-order chi connectivity index (χ1) is 8.47. The lowest BCUT2D eigenvalue weighted by Crippen LogP contribution is -2.14. The number of aromatic nitrogens is 1. The van der Waals surface area contributed by atoms with Crippen molar-refractivity contribution in [3.05, 3.63) is 41.1 Å². The Balaban J connectivity index is 2.80. The molecule has 0 aliphatic carbocycles. The smallest absolute Gasteiger partial charge is 0.0740 e. The monoisotopic (exact) mass is 261 g/mol. The van der Waals surface area contributed by atoms with Crippen molar-refractivity contribution in [1.82, 2.24) is 4.98 Å². The van der Waals surface area contributed by atoms with Crippen molar-refractivity contribution < 1.29 is 0 Å². The van der Waals surface area contributed by atoms with Gasteiger partial charge in [-0.3, -0.25) is 4.98 Å². The van der Waals surface area contributed by atoms with E-state index in [0.29, 0.717) is 5.88 Å². The van der Waals surface area contributed by atoms with Crippen molar-refractivity contribution in [2.75, 3.05) is 0 Å². The Kier molecular flexibility index (Phi) is 3.63. The average Bonchev–Trinajstić information content (AvgIpc) is 2.35. The van der Waals surface area contributed by atoms with E-state index in [1.54, 1.807) is 0 Å². The number of para-hydroxylation sites is 1. The van der Waals surface area contributed by atoms with Crippen molar-refractivity contribution in [1.29, 1.82) is 0 Å². The molecule has 0 saturated carbocycles. The van der Waals surface area contributed by atoms with Crippen LogP contribution in [0, 0.1) is 0 Å². The van der Waals surface area contributed by atoms with Crippen LogP contribution in [0.3, 0.4) is 0 Å². The third-order valence-corrected chi connectivity index (χ3v) is 3.59. The second kappa shape index (κ2) is 4.89. The minimum absolute atomic E-state index is 0.0514. The molecular weight excluding hydrogens is 242 g/mol. The Hall–Kier alpha value is -1.08. The number of aryl methyl sites for hydroxylation is 1. The second-order valence-electron chi connectivity index (χ2n) is 5.72. The van der Waals surface area contributed by atoms with Gasteiger partial charge >= 0.3 is 0 Å². The van der Waals surface area contributed by atoms with E-state index in [1.165, 1.54) is 16.5 Å². The molecule has 0 aliphatic heterocycles. The van der Waals surface area contributed by atoms with E-state index in [9.17, 15) is 0 Å². The predicted molar refractivity (Wildman–Crippen MR) is 79.4 cm³/mol. The minimum atomic E-state index is 0.0514. The zero-order valence-electron chi connectivity index (χ0n) is 11.5. The van der Waals surface area contributed by atoms with Crippen LogP contribution in [0.5, 0.6) is 0 Å². The largest absolute Gasteiger partial charge is 0.252 e. The number of pyridine rings is 1. The summed E-state index contributed by atoms with van der Waals surface area (Å²) in [6.45, 7) is 8.73. The van der Waals surface area contributed by atoms with Gasteiger partial charge in [-0.15, -0.1) is 11.6 Å². The molecule has 0 atom stereocenters. The zero-order valence-corrected chi connectivity index (χ0v) is 12.3. The highest BCUT2D eigenvalue weighted by atomic mass is 35.5. The van der Waals surface area contributed by atoms with Gasteiger partial charge in [0, 0.05) is 22.4 Å². The molecule has 2 rings (SSSR count). The van der Waals surface area contributed by atoms with Crippen LogP contribution in [0.4, 0.5) is 0 Å². The highest BCUT2D eigenvalue weighted by Crippen LogP contribution is 2.28. The molecule has 1 heterocycles. The molecule has 0 amide bonds. The molecule has 2 aromatic rings. The highest BCUT2D eigenvalue weighted by Gasteiger charge is 2.18. The molecule has 96 valence electrons. The molecule has 1 aromatic carbocycles. The van der Waals surface area contributed by atoms with E-state index in [0.717, 1.165) is 17.6 Å². The summed E-state index contributed by atoms with van der Waals surface area (Å²) < 4.78 is 0. The molecule has 18 heavy (non-hydrogen) atoms. The Morgan fingerprint density at radius 1 is 1.17 bits per heavy atom. The first-order valence-corrected chi connectivity index (χ1v) is 6.98. The molecule has 2 heteroatoms. The van der Waals surface area contributed by atoms with Gasteiger partial charge < -0.3 is 0 Å². The predicted octanol–water partition coefficient (Wildman–Crippen LogP) is 4.83. The molecule has 0 fully saturated rings. The van der Waals surface area contributed by atoms with Gasteiger partial charge in [-0.25, -0.2) is 0 Å². The quantitative estimate of drug-likeness (QED) is 0.706. The molecule has 0 N–H and O–H groups in total. The standard InChI is InChI=1S/C16H20ClN/c1-5-11-7-6-8-13-12(10-17)9-14(16(2,3)4)18-15(11)13/h6-9H,5,10H2,1-4H3. The van der Waals surface area contributed by atoms with E-state index >= 15 is 0 Å². The summed E-state index contributed by atoms with van der Waals surface area (Å²) >= 11 is 6.10. The molecule has 0 unspecified atom stereocenters. The maximum absolute atomic E-state index is 6.10. The van der Waals surface area contributed by atoms with E-state index in [1.807, 2.05) is 0 Å². The molecule has 0 bridgehead atoms. The van der Waals surface area contributed by atoms with Gasteiger partial charge in [-0.1, -0.05) is 45.9 Å². The average molecular weight is 262 g/mol. The highest BCUT2D eigenvalue weighted by molar-refractivity contribution is 6.18. The summed E-state index contributed by atoms with van der Waals surface area (Å²) in [5, 5.41) is 1.19. The first-order valence-electron chi connectivity index (χ1n) is 6.45. The fourth-order valence-corrected chi connectivity index (χ4v) is 2.38. The topological polar surface area (TPSA) is 12.9 Å². The number of fused-ring (bicyclic) bond motifs is 1. The number of hydrogen-bond acceptors (Lipinski definition) is 1. The number of halogens is 1. The summed E-state index contributed by atoms with van der Waals surface area (Å²) in [6.07, 6.45) is 1.000. The van der Waals surface area contributed by atoms with Crippen LogP contribution in [0.15, 0.2) is 24.3 Å². The summed E-state index contributed by atoms with van der Waals surface area (Å²) in [7, 11) is 0. The molecule has 0 saturated heterocycles. The fraction of sp³-hybridized carbons (Fsp3) is 0.438. The summed E-state index contributed by atoms with van der Waals surface area (Å²) in [4.78, 5) is 4.87. The molecule has 0 aliphatic rings. The van der Waals surface area contributed by atoms with Gasteiger partial charge in [0.2, 0.25) is 0 Å². The molecule has 0 spiro atoms. The Labute approximate surface area is 114 Å². The normalized spacial score (nSPS) is 12.1. The van der Waals surface area contributed by atoms with Crippen LogP contribution < -0.4 is 0 Å². The summed E-state index contributed by atoms with van der Waals surface area (Å²) in [6, 6.07) is 8.51. The van der Waals surface area contributed by atoms with Crippen molar-refractivity contribution >= 4 is 22.5 Å². The van der Waals surface area contributed by atoms with Gasteiger partial charge in [0.1, 0.15) is 0 Å². The Morgan fingerprint density at radius 2 is 1.89 bits per heavy atom. The molecule has 1 aromatic heterocycles. The second-order valence-corrected chi connectivity index (χ2v) is 5.98. The number of benzene rings is 1. The lowest BCUT2D eigenvalue weighted by atomic mass is 9.89. The van der Waals surface area contributed by atoms with Crippen molar-refractivity contribution in [3.8, 4) is 0 Å². The molecule has 0 radical (unpaired) electrons. The number of alkyl halides is 1. The van der Waals surface area contributed by atoms with Crippen LogP contribution in [-0.2, 0) is 17.7 Å². The number of hydrogen-bond donors (Lipinski definition) is 0. The fourth-order valence-electron chi connectivity index (χ4n) is 2.16. The molecule has 1 nitrogen and oxygen atoms in total. The number of rotatable bonds is 2. The SMILES string of the molecule is CCc1cccc2c(CCl)cc(C(C)(C)C)nc12. The maximum Gasteiger partial charge on any atom is 0.0740 e. The van der Waals surface area contributed by atoms with E-state index in [2.05, 4.69) is 52.0 Å². The summed E-state index contributed by atoms with van der Waals surface area (Å²) in [5.74, 6) is 0.537. The lowest BCUT2D eigenvalue weighted by Gasteiger charge is -2.20. The third kappa shape index (κ3) is 2.37. The molecular formula is C16H20ClN. The van der Waals surface area contributed by atoms with Gasteiger partial charge in [-0.2, -0.15) is 0 Å². The van der Waals surface area contributed by atoms with E-state index in [-0.39, 0.29) is 5.41 Å². The van der Waals surface area contributed by atoms with Crippen LogP contribution in [-0.4, -0.2) is 4.98 Å². The zero-order chi connectivity index (χ0) is 13.3. The van der Waals surface area contributed by atoms with Crippen molar-refractivity contribution in [3.63, 3.8) is 0 Å². The van der Waals surface area contributed by atoms with Gasteiger partial charge in [-0.05, 0) is 23.6 Å². The van der Waals surface area contributed by atoms with Crippen molar-refractivity contribution in [2.24, 2.45) is 0 Å². The van der Waals surface area contributed by atoms with Crippen molar-refractivity contribution in [2.45, 2.75) is 45.4 Å². The number of nitrogens with zero attached hydrogens (tertiary/aromatic N) is 1. The minimum Gasteiger partial charge on any atom is -0.252 e. The summed E-state index contributed by atoms with van der Waals surface area (Å²) in [5.41, 5.74) is 4.76. The van der Waals surface area contributed by atoms with E-state index < -0.39 is 0 Å². The van der Waals surface area contributed by atoms with Crippen LogP contribution >= 0.6 is 11.6 Å². The Morgan fingerprint density at radius 3 is 2.44 bits per heavy atom. The van der Waals surface area contributed by atoms with E-state index in [4.69, 9.17) is 16.6 Å².